The molecule has 14 heavy (non-hydrogen) atoms. The van der Waals surface area contributed by atoms with E-state index in [2.05, 4.69) is 4.98 Å². The average Bonchev–Trinajstić information content (AvgIpc) is 2.16. The number of aromatic nitrogens is 1. The number of rotatable bonds is 2. The summed E-state index contributed by atoms with van der Waals surface area (Å²) in [6.45, 7) is 0. The molecule has 0 spiro atoms. The van der Waals surface area contributed by atoms with Crippen LogP contribution in [0.4, 0.5) is 8.78 Å². The van der Waals surface area contributed by atoms with Crippen LogP contribution in [0, 0.1) is 11.3 Å². The molecule has 0 aromatic carbocycles. The van der Waals surface area contributed by atoms with E-state index in [9.17, 15) is 13.6 Å². The van der Waals surface area contributed by atoms with Gasteiger partial charge in [-0.3, -0.25) is 4.79 Å². The zero-order valence-electron chi connectivity index (χ0n) is 6.67. The third-order valence-corrected chi connectivity index (χ3v) is 1.73. The molecular formula is C8H3ClF2N2O. The van der Waals surface area contributed by atoms with E-state index in [0.717, 1.165) is 12.3 Å². The van der Waals surface area contributed by atoms with Crippen molar-refractivity contribution in [1.82, 2.24) is 4.98 Å². The number of hydrogen-bond acceptors (Lipinski definition) is 3. The summed E-state index contributed by atoms with van der Waals surface area (Å²) in [5, 5.41) is 7.44. The fraction of sp³-hybridized carbons (Fsp3) is 0.125. The van der Waals surface area contributed by atoms with Crippen LogP contribution in [-0.2, 0) is 0 Å². The van der Waals surface area contributed by atoms with Gasteiger partial charge in [-0.2, -0.15) is 5.26 Å². The minimum atomic E-state index is -2.95. The summed E-state index contributed by atoms with van der Waals surface area (Å²) in [4.78, 5) is 14.1. The molecule has 0 saturated carbocycles. The van der Waals surface area contributed by atoms with Gasteiger partial charge in [0.15, 0.2) is 0 Å². The molecule has 0 atom stereocenters. The maximum absolute atomic E-state index is 12.4. The summed E-state index contributed by atoms with van der Waals surface area (Å²) in [5.41, 5.74) is -1.57. The molecule has 3 nitrogen and oxygen atoms in total. The summed E-state index contributed by atoms with van der Waals surface area (Å²) in [6.07, 6.45) is -1.86. The SMILES string of the molecule is N#Cc1nccc(C(=O)Cl)c1C(F)F. The molecular weight excluding hydrogens is 214 g/mol. The quantitative estimate of drug-likeness (QED) is 0.713. The van der Waals surface area contributed by atoms with Gasteiger partial charge in [-0.25, -0.2) is 13.8 Å². The molecule has 1 aromatic rings. The van der Waals surface area contributed by atoms with Crippen molar-refractivity contribution in [2.75, 3.05) is 0 Å². The maximum Gasteiger partial charge on any atom is 0.267 e. The predicted octanol–water partition coefficient (Wildman–Crippen LogP) is 2.27. The van der Waals surface area contributed by atoms with E-state index in [4.69, 9.17) is 16.9 Å². The van der Waals surface area contributed by atoms with E-state index in [1.54, 1.807) is 0 Å². The lowest BCUT2D eigenvalue weighted by molar-refractivity contribution is 0.106. The van der Waals surface area contributed by atoms with E-state index < -0.39 is 22.9 Å². The van der Waals surface area contributed by atoms with Crippen LogP contribution in [0.2, 0.25) is 0 Å². The van der Waals surface area contributed by atoms with Crippen molar-refractivity contribution >= 4 is 16.8 Å². The van der Waals surface area contributed by atoms with Crippen LogP contribution in [0.1, 0.15) is 28.0 Å². The van der Waals surface area contributed by atoms with Gasteiger partial charge in [0.2, 0.25) is 0 Å². The molecule has 0 aliphatic carbocycles. The van der Waals surface area contributed by atoms with E-state index >= 15 is 0 Å². The first kappa shape index (κ1) is 10.5. The van der Waals surface area contributed by atoms with E-state index in [-0.39, 0.29) is 5.56 Å². The number of nitrogens with zero attached hydrogens (tertiary/aromatic N) is 2. The zero-order valence-corrected chi connectivity index (χ0v) is 7.42. The minimum Gasteiger partial charge on any atom is -0.276 e. The standard InChI is InChI=1S/C8H3ClF2N2O/c9-7(14)4-1-2-13-5(3-12)6(4)8(10)11/h1-2,8H. The lowest BCUT2D eigenvalue weighted by Gasteiger charge is -2.05. The van der Waals surface area contributed by atoms with Crippen molar-refractivity contribution < 1.29 is 13.6 Å². The van der Waals surface area contributed by atoms with Crippen LogP contribution in [0.3, 0.4) is 0 Å². The van der Waals surface area contributed by atoms with Crippen LogP contribution < -0.4 is 0 Å². The highest BCUT2D eigenvalue weighted by Crippen LogP contribution is 2.26. The molecule has 1 rings (SSSR count). The Morgan fingerprint density at radius 3 is 2.71 bits per heavy atom. The Morgan fingerprint density at radius 1 is 1.64 bits per heavy atom. The summed E-state index contributed by atoms with van der Waals surface area (Å²) >= 11 is 5.07. The zero-order chi connectivity index (χ0) is 10.7. The number of hydrogen-bond donors (Lipinski definition) is 0. The van der Waals surface area contributed by atoms with E-state index in [0.29, 0.717) is 0 Å². The number of alkyl halides is 2. The molecule has 1 heterocycles. The fourth-order valence-corrected chi connectivity index (χ4v) is 1.12. The second kappa shape index (κ2) is 4.11. The second-order valence-electron chi connectivity index (χ2n) is 2.31. The smallest absolute Gasteiger partial charge is 0.267 e. The lowest BCUT2D eigenvalue weighted by atomic mass is 10.1. The predicted molar refractivity (Wildman–Crippen MR) is 44.1 cm³/mol. The Morgan fingerprint density at radius 2 is 2.29 bits per heavy atom. The maximum atomic E-state index is 12.4. The third kappa shape index (κ3) is 1.86. The number of carbonyl (C=O) groups is 1. The van der Waals surface area contributed by atoms with Crippen LogP contribution in [0.15, 0.2) is 12.3 Å². The number of nitriles is 1. The Hall–Kier alpha value is -1.54. The van der Waals surface area contributed by atoms with Gasteiger partial charge in [0, 0.05) is 11.8 Å². The summed E-state index contributed by atoms with van der Waals surface area (Å²) in [7, 11) is 0. The number of carbonyl (C=O) groups excluding carboxylic acids is 1. The van der Waals surface area contributed by atoms with Crippen LogP contribution in [0.5, 0.6) is 0 Å². The van der Waals surface area contributed by atoms with Gasteiger partial charge in [-0.05, 0) is 17.7 Å². The van der Waals surface area contributed by atoms with Crippen LogP contribution >= 0.6 is 11.6 Å². The Labute approximate surface area is 82.9 Å². The summed E-state index contributed by atoms with van der Waals surface area (Å²) in [6, 6.07) is 2.52. The largest absolute Gasteiger partial charge is 0.276 e. The van der Waals surface area contributed by atoms with Gasteiger partial charge < -0.3 is 0 Å². The third-order valence-electron chi connectivity index (χ3n) is 1.53. The van der Waals surface area contributed by atoms with Crippen LogP contribution in [0.25, 0.3) is 0 Å². The molecule has 0 saturated heterocycles. The molecule has 0 aliphatic rings. The molecule has 6 heteroatoms. The molecule has 0 radical (unpaired) electrons. The summed E-state index contributed by atoms with van der Waals surface area (Å²) < 4.78 is 24.9. The fourth-order valence-electron chi connectivity index (χ4n) is 0.955. The topological polar surface area (TPSA) is 53.8 Å². The molecule has 0 aliphatic heterocycles. The van der Waals surface area contributed by atoms with E-state index in [1.165, 1.54) is 6.07 Å². The van der Waals surface area contributed by atoms with Crippen LogP contribution in [-0.4, -0.2) is 10.2 Å². The highest BCUT2D eigenvalue weighted by molar-refractivity contribution is 6.67. The molecule has 0 N–H and O–H groups in total. The number of halogens is 3. The van der Waals surface area contributed by atoms with Crippen molar-refractivity contribution in [2.45, 2.75) is 6.43 Å². The Bertz CT molecular complexity index is 414. The molecule has 1 aromatic heterocycles. The van der Waals surface area contributed by atoms with Crippen molar-refractivity contribution in [3.05, 3.63) is 29.1 Å². The number of pyridine rings is 1. The van der Waals surface area contributed by atoms with Crippen molar-refractivity contribution in [2.24, 2.45) is 0 Å². The second-order valence-corrected chi connectivity index (χ2v) is 2.65. The summed E-state index contributed by atoms with van der Waals surface area (Å²) in [5.74, 6) is 0. The van der Waals surface area contributed by atoms with Gasteiger partial charge >= 0.3 is 0 Å². The van der Waals surface area contributed by atoms with Gasteiger partial charge in [-0.15, -0.1) is 0 Å². The normalized spacial score (nSPS) is 9.93. The van der Waals surface area contributed by atoms with Crippen molar-refractivity contribution in [3.63, 3.8) is 0 Å². The minimum absolute atomic E-state index is 0.381. The molecule has 0 amide bonds. The molecule has 0 unspecified atom stereocenters. The van der Waals surface area contributed by atoms with Crippen molar-refractivity contribution in [1.29, 1.82) is 5.26 Å². The molecule has 0 fully saturated rings. The van der Waals surface area contributed by atoms with Gasteiger partial charge in [0.25, 0.3) is 11.7 Å². The highest BCUT2D eigenvalue weighted by Gasteiger charge is 2.21. The Balaban J connectivity index is 3.45. The monoisotopic (exact) mass is 216 g/mol. The van der Waals surface area contributed by atoms with Crippen molar-refractivity contribution in [3.8, 4) is 6.07 Å². The first-order chi connectivity index (χ1) is 6.57. The van der Waals surface area contributed by atoms with Gasteiger partial charge in [0.1, 0.15) is 11.8 Å². The first-order valence-corrected chi connectivity index (χ1v) is 3.82. The Kier molecular flexibility index (Phi) is 3.10. The highest BCUT2D eigenvalue weighted by atomic mass is 35.5. The van der Waals surface area contributed by atoms with Gasteiger partial charge in [-0.1, -0.05) is 0 Å². The first-order valence-electron chi connectivity index (χ1n) is 3.45. The molecule has 72 valence electrons. The molecule has 0 bridgehead atoms. The van der Waals surface area contributed by atoms with Gasteiger partial charge in [0.05, 0.1) is 5.56 Å². The average molecular weight is 217 g/mol. The van der Waals surface area contributed by atoms with E-state index in [1.807, 2.05) is 0 Å². The lowest BCUT2D eigenvalue weighted by Crippen LogP contribution is -2.03.